The summed E-state index contributed by atoms with van der Waals surface area (Å²) in [6, 6.07) is 3.81. The Morgan fingerprint density at radius 2 is 1.83 bits per heavy atom. The number of aromatic nitrogens is 3. The van der Waals surface area contributed by atoms with E-state index in [4.69, 9.17) is 0 Å². The monoisotopic (exact) mass is 489 g/mol. The lowest BCUT2D eigenvalue weighted by Crippen LogP contribution is -2.40. The minimum absolute atomic E-state index is 0.0156. The lowest BCUT2D eigenvalue weighted by atomic mass is 9.95. The molecule has 2 bridgehead atoms. The average molecular weight is 489 g/mol. The van der Waals surface area contributed by atoms with E-state index >= 15 is 0 Å². The third-order valence-electron chi connectivity index (χ3n) is 6.63. The molecule has 4 heterocycles. The number of nitrogens with one attached hydrogen (secondary N) is 1. The van der Waals surface area contributed by atoms with E-state index in [9.17, 15) is 26.7 Å². The van der Waals surface area contributed by atoms with Gasteiger partial charge >= 0.3 is 6.18 Å². The van der Waals surface area contributed by atoms with E-state index in [1.165, 1.54) is 24.5 Å². The molecule has 5 rings (SSSR count). The van der Waals surface area contributed by atoms with Crippen LogP contribution in [0.4, 0.5) is 27.8 Å². The third-order valence-corrected chi connectivity index (χ3v) is 6.63. The van der Waals surface area contributed by atoms with Gasteiger partial charge in [-0.15, -0.1) is 0 Å². The van der Waals surface area contributed by atoms with E-state index in [1.54, 1.807) is 17.9 Å². The van der Waals surface area contributed by atoms with Crippen LogP contribution in [0.15, 0.2) is 42.9 Å². The Bertz CT molecular complexity index is 1280. The van der Waals surface area contributed by atoms with E-state index in [-0.39, 0.29) is 40.8 Å². The summed E-state index contributed by atoms with van der Waals surface area (Å²) in [7, 11) is 0. The highest BCUT2D eigenvalue weighted by Gasteiger charge is 2.49. The van der Waals surface area contributed by atoms with Crippen molar-refractivity contribution in [3.05, 3.63) is 71.2 Å². The SMILES string of the molecule is Cc1ccc(F)c(-c2ncccn2)c1C(=O)N1[C@@H]2CC[C@H]1[C@H](Nc1ncc(C(F)(F)F)cc1F)C2. The Morgan fingerprint density at radius 3 is 2.51 bits per heavy atom. The number of carbonyl (C=O) groups is 1. The summed E-state index contributed by atoms with van der Waals surface area (Å²) in [6.07, 6.45) is 0.580. The van der Waals surface area contributed by atoms with E-state index in [0.29, 0.717) is 37.1 Å². The Balaban J connectivity index is 1.44. The zero-order valence-electron chi connectivity index (χ0n) is 18.5. The maximum Gasteiger partial charge on any atom is 0.417 e. The molecule has 0 spiro atoms. The number of halogens is 5. The van der Waals surface area contributed by atoms with Gasteiger partial charge in [0.2, 0.25) is 0 Å². The number of pyridine rings is 1. The summed E-state index contributed by atoms with van der Waals surface area (Å²) in [4.78, 5) is 27.3. The van der Waals surface area contributed by atoms with Crippen LogP contribution in [-0.2, 0) is 6.18 Å². The maximum atomic E-state index is 14.9. The molecule has 2 aromatic heterocycles. The van der Waals surface area contributed by atoms with Crippen molar-refractivity contribution in [2.24, 2.45) is 0 Å². The minimum Gasteiger partial charge on any atom is -0.363 e. The first-order valence-electron chi connectivity index (χ1n) is 11.0. The Labute approximate surface area is 197 Å². The fourth-order valence-electron chi connectivity index (χ4n) is 5.07. The summed E-state index contributed by atoms with van der Waals surface area (Å²) in [5.74, 6) is -2.34. The van der Waals surface area contributed by atoms with E-state index in [1.807, 2.05) is 0 Å². The number of hydrogen-bond donors (Lipinski definition) is 1. The lowest BCUT2D eigenvalue weighted by Gasteiger charge is -2.27. The van der Waals surface area contributed by atoms with Crippen LogP contribution in [-0.4, -0.2) is 43.9 Å². The van der Waals surface area contributed by atoms with Gasteiger partial charge in [0.1, 0.15) is 5.82 Å². The number of benzene rings is 1. The number of alkyl halides is 3. The molecule has 0 aliphatic carbocycles. The van der Waals surface area contributed by atoms with Gasteiger partial charge in [0.15, 0.2) is 17.5 Å². The highest BCUT2D eigenvalue weighted by atomic mass is 19.4. The number of rotatable bonds is 4. The molecule has 0 unspecified atom stereocenters. The molecule has 1 aromatic carbocycles. The standard InChI is InChI=1S/C24H20F5N5O/c1-12-3-5-15(25)20(22-30-7-2-8-31-22)19(12)23(35)34-14-4-6-18(34)17(10-14)33-21-16(26)9-13(11-32-21)24(27,28)29/h2-3,5,7-9,11,14,17-18H,4,6,10H2,1H3,(H,32,33)/t14-,17-,18+/m1/s1. The van der Waals surface area contributed by atoms with Crippen LogP contribution in [0.3, 0.4) is 0 Å². The first-order valence-corrected chi connectivity index (χ1v) is 11.0. The predicted molar refractivity (Wildman–Crippen MR) is 116 cm³/mol. The molecule has 6 nitrogen and oxygen atoms in total. The van der Waals surface area contributed by atoms with Gasteiger partial charge in [0.05, 0.1) is 28.8 Å². The number of aryl methyl sites for hydroxylation is 1. The van der Waals surface area contributed by atoms with E-state index < -0.39 is 29.4 Å². The van der Waals surface area contributed by atoms with Gasteiger partial charge in [0.25, 0.3) is 5.91 Å². The average Bonchev–Trinajstić information content (AvgIpc) is 3.39. The predicted octanol–water partition coefficient (Wildman–Crippen LogP) is 5.00. The van der Waals surface area contributed by atoms with Gasteiger partial charge in [-0.3, -0.25) is 4.79 Å². The first kappa shape index (κ1) is 23.1. The fourth-order valence-corrected chi connectivity index (χ4v) is 5.07. The van der Waals surface area contributed by atoms with Crippen molar-refractivity contribution < 1.29 is 26.7 Å². The molecular weight excluding hydrogens is 469 g/mol. The number of anilines is 1. The van der Waals surface area contributed by atoms with E-state index in [2.05, 4.69) is 20.3 Å². The van der Waals surface area contributed by atoms with Crippen molar-refractivity contribution in [3.8, 4) is 11.4 Å². The second-order valence-electron chi connectivity index (χ2n) is 8.74. The van der Waals surface area contributed by atoms with Gasteiger partial charge in [0, 0.05) is 24.6 Å². The highest BCUT2D eigenvalue weighted by molar-refractivity contribution is 6.02. The molecule has 182 valence electrons. The van der Waals surface area contributed by atoms with Crippen molar-refractivity contribution in [1.82, 2.24) is 19.9 Å². The fraction of sp³-hybridized carbons (Fsp3) is 0.333. The maximum absolute atomic E-state index is 14.9. The van der Waals surface area contributed by atoms with Crippen LogP contribution in [0.2, 0.25) is 0 Å². The molecule has 11 heteroatoms. The third kappa shape index (κ3) is 4.08. The summed E-state index contributed by atoms with van der Waals surface area (Å²) in [5.41, 5.74) is -0.443. The molecule has 2 aliphatic heterocycles. The Hall–Kier alpha value is -3.63. The van der Waals surface area contributed by atoms with Gasteiger partial charge in [-0.2, -0.15) is 13.2 Å². The number of amides is 1. The lowest BCUT2D eigenvalue weighted by molar-refractivity contribution is -0.138. The largest absolute Gasteiger partial charge is 0.417 e. The molecule has 0 saturated carbocycles. The molecule has 3 aromatic rings. The second kappa shape index (κ2) is 8.54. The molecule has 1 N–H and O–H groups in total. The van der Waals surface area contributed by atoms with Gasteiger partial charge in [-0.05, 0) is 49.9 Å². The smallest absolute Gasteiger partial charge is 0.363 e. The zero-order chi connectivity index (χ0) is 24.9. The first-order chi connectivity index (χ1) is 16.6. The quantitative estimate of drug-likeness (QED) is 0.523. The van der Waals surface area contributed by atoms with Crippen LogP contribution >= 0.6 is 0 Å². The zero-order valence-corrected chi connectivity index (χ0v) is 18.5. The summed E-state index contributed by atoms with van der Waals surface area (Å²) in [6.45, 7) is 1.70. The number of carbonyl (C=O) groups excluding carboxylic acids is 1. The molecule has 0 radical (unpaired) electrons. The van der Waals surface area contributed by atoms with Crippen LogP contribution in [0, 0.1) is 18.6 Å². The summed E-state index contributed by atoms with van der Waals surface area (Å²) < 4.78 is 67.8. The minimum atomic E-state index is -4.70. The highest BCUT2D eigenvalue weighted by Crippen LogP contribution is 2.42. The van der Waals surface area contributed by atoms with Gasteiger partial charge < -0.3 is 10.2 Å². The van der Waals surface area contributed by atoms with Crippen LogP contribution in [0.25, 0.3) is 11.4 Å². The van der Waals surface area contributed by atoms with Crippen molar-refractivity contribution in [2.75, 3.05) is 5.32 Å². The second-order valence-corrected chi connectivity index (χ2v) is 8.74. The summed E-state index contributed by atoms with van der Waals surface area (Å²) in [5, 5.41) is 2.88. The Morgan fingerprint density at radius 1 is 1.09 bits per heavy atom. The molecule has 1 amide bonds. The van der Waals surface area contributed by atoms with Gasteiger partial charge in [-0.1, -0.05) is 6.07 Å². The topological polar surface area (TPSA) is 71.0 Å². The van der Waals surface area contributed by atoms with Crippen molar-refractivity contribution in [1.29, 1.82) is 0 Å². The van der Waals surface area contributed by atoms with Crippen molar-refractivity contribution in [2.45, 2.75) is 50.5 Å². The molecule has 2 fully saturated rings. The molecule has 3 atom stereocenters. The number of fused-ring (bicyclic) bond motifs is 2. The summed E-state index contributed by atoms with van der Waals surface area (Å²) >= 11 is 0. The molecule has 2 aliphatic rings. The van der Waals surface area contributed by atoms with Crippen molar-refractivity contribution in [3.63, 3.8) is 0 Å². The number of hydrogen-bond acceptors (Lipinski definition) is 5. The molecule has 35 heavy (non-hydrogen) atoms. The van der Waals surface area contributed by atoms with Crippen LogP contribution in [0.1, 0.15) is 40.7 Å². The molecular formula is C24H20F5N5O. The van der Waals surface area contributed by atoms with Crippen LogP contribution < -0.4 is 5.32 Å². The van der Waals surface area contributed by atoms with E-state index in [0.717, 1.165) is 0 Å². The van der Waals surface area contributed by atoms with Gasteiger partial charge in [-0.25, -0.2) is 23.7 Å². The Kier molecular flexibility index (Phi) is 5.65. The van der Waals surface area contributed by atoms with Crippen molar-refractivity contribution >= 4 is 11.7 Å². The van der Waals surface area contributed by atoms with Crippen LogP contribution in [0.5, 0.6) is 0 Å². The number of nitrogens with zero attached hydrogens (tertiary/aromatic N) is 4. The molecule has 2 saturated heterocycles. The normalized spacial score (nSPS) is 21.4.